The van der Waals surface area contributed by atoms with Gasteiger partial charge in [0.1, 0.15) is 5.76 Å². The summed E-state index contributed by atoms with van der Waals surface area (Å²) < 4.78 is 32.2. The number of nitrogens with zero attached hydrogens (tertiary/aromatic N) is 2. The molecule has 116 valence electrons. The van der Waals surface area contributed by atoms with Crippen LogP contribution in [0.15, 0.2) is 34.7 Å². The molecule has 0 bridgehead atoms. The van der Waals surface area contributed by atoms with Gasteiger partial charge in [0.25, 0.3) is 0 Å². The molecule has 0 N–H and O–H groups in total. The average Bonchev–Trinajstić information content (AvgIpc) is 3.21. The lowest BCUT2D eigenvalue weighted by atomic mass is 10.2. The van der Waals surface area contributed by atoms with Crippen molar-refractivity contribution in [2.24, 2.45) is 5.92 Å². The minimum atomic E-state index is -3.17. The molecule has 1 aromatic carbocycles. The largest absolute Gasteiger partial charge is 0.441 e. The van der Waals surface area contributed by atoms with Gasteiger partial charge in [-0.3, -0.25) is 0 Å². The number of oxazole rings is 1. The molecule has 6 heteroatoms. The van der Waals surface area contributed by atoms with E-state index in [-0.39, 0.29) is 5.75 Å². The average molecular weight is 318 g/mol. The van der Waals surface area contributed by atoms with Crippen LogP contribution < -0.4 is 0 Å². The molecule has 1 aliphatic carbocycles. The van der Waals surface area contributed by atoms with Crippen LogP contribution in [0.5, 0.6) is 0 Å². The molecule has 1 aromatic heterocycles. The Bertz CT molecular complexity index is 779. The highest BCUT2D eigenvalue weighted by atomic mass is 32.2. The molecule has 5 nitrogen and oxygen atoms in total. The molecule has 22 heavy (non-hydrogen) atoms. The predicted octanol–water partition coefficient (Wildman–Crippen LogP) is 2.44. The normalized spacial score (nSPS) is 19.1. The summed E-state index contributed by atoms with van der Waals surface area (Å²) in [5.41, 5.74) is 1.67. The van der Waals surface area contributed by atoms with Gasteiger partial charge in [-0.25, -0.2) is 13.4 Å². The van der Waals surface area contributed by atoms with Crippen molar-refractivity contribution in [3.05, 3.63) is 41.8 Å². The van der Waals surface area contributed by atoms with Gasteiger partial charge < -0.3 is 4.42 Å². The Morgan fingerprint density at radius 3 is 2.73 bits per heavy atom. The Balaban J connectivity index is 1.57. The molecule has 2 aliphatic rings. The quantitative estimate of drug-likeness (QED) is 0.868. The molecule has 2 aromatic rings. The van der Waals surface area contributed by atoms with E-state index in [1.54, 1.807) is 4.31 Å². The van der Waals surface area contributed by atoms with Crippen LogP contribution in [0.3, 0.4) is 0 Å². The van der Waals surface area contributed by atoms with Crippen molar-refractivity contribution in [3.8, 4) is 11.5 Å². The van der Waals surface area contributed by atoms with Gasteiger partial charge in [0, 0.05) is 18.5 Å². The predicted molar refractivity (Wildman–Crippen MR) is 82.6 cm³/mol. The summed E-state index contributed by atoms with van der Waals surface area (Å²) >= 11 is 0. The van der Waals surface area contributed by atoms with Crippen molar-refractivity contribution < 1.29 is 12.8 Å². The summed E-state index contributed by atoms with van der Waals surface area (Å²) in [5.74, 6) is 2.04. The van der Waals surface area contributed by atoms with Crippen molar-refractivity contribution in [1.29, 1.82) is 0 Å². The number of benzene rings is 1. The van der Waals surface area contributed by atoms with Crippen molar-refractivity contribution in [2.45, 2.75) is 25.8 Å². The Morgan fingerprint density at radius 2 is 2.00 bits per heavy atom. The van der Waals surface area contributed by atoms with Crippen LogP contribution in [0, 0.1) is 5.92 Å². The fraction of sp³-hybridized carbons (Fsp3) is 0.438. The SMILES string of the molecule is O=S(=O)(CC1CC1)N1CCc2oc(-c3ccccc3)nc2C1. The zero-order valence-electron chi connectivity index (χ0n) is 12.2. The number of fused-ring (bicyclic) bond motifs is 1. The van der Waals surface area contributed by atoms with Gasteiger partial charge in [-0.1, -0.05) is 18.2 Å². The second-order valence-corrected chi connectivity index (χ2v) is 8.07. The minimum absolute atomic E-state index is 0.283. The lowest BCUT2D eigenvalue weighted by Gasteiger charge is -2.24. The summed E-state index contributed by atoms with van der Waals surface area (Å²) in [6.45, 7) is 0.826. The summed E-state index contributed by atoms with van der Waals surface area (Å²) in [6.07, 6.45) is 2.68. The maximum atomic E-state index is 12.4. The number of hydrogen-bond donors (Lipinski definition) is 0. The first kappa shape index (κ1) is 14.0. The van der Waals surface area contributed by atoms with Crippen LogP contribution in [0.1, 0.15) is 24.3 Å². The van der Waals surface area contributed by atoms with E-state index in [9.17, 15) is 8.42 Å². The first-order valence-electron chi connectivity index (χ1n) is 7.64. The van der Waals surface area contributed by atoms with Gasteiger partial charge in [0.05, 0.1) is 18.0 Å². The highest BCUT2D eigenvalue weighted by Crippen LogP contribution is 2.33. The molecule has 0 saturated heterocycles. The maximum absolute atomic E-state index is 12.4. The van der Waals surface area contributed by atoms with Gasteiger partial charge >= 0.3 is 0 Å². The zero-order chi connectivity index (χ0) is 15.2. The Morgan fingerprint density at radius 1 is 1.23 bits per heavy atom. The fourth-order valence-corrected chi connectivity index (χ4v) is 4.63. The van der Waals surface area contributed by atoms with Crippen molar-refractivity contribution >= 4 is 10.0 Å². The second kappa shape index (κ2) is 5.21. The maximum Gasteiger partial charge on any atom is 0.226 e. The minimum Gasteiger partial charge on any atom is -0.441 e. The first-order valence-corrected chi connectivity index (χ1v) is 9.24. The number of aromatic nitrogens is 1. The number of hydrogen-bond acceptors (Lipinski definition) is 4. The summed E-state index contributed by atoms with van der Waals surface area (Å²) in [6, 6.07) is 9.70. The molecule has 0 radical (unpaired) electrons. The Kier molecular flexibility index (Phi) is 3.31. The van der Waals surface area contributed by atoms with Crippen LogP contribution in [0.2, 0.25) is 0 Å². The third kappa shape index (κ3) is 2.68. The van der Waals surface area contributed by atoms with Crippen molar-refractivity contribution in [2.75, 3.05) is 12.3 Å². The molecule has 1 aliphatic heterocycles. The van der Waals surface area contributed by atoms with Gasteiger partial charge in [-0.2, -0.15) is 4.31 Å². The monoisotopic (exact) mass is 318 g/mol. The molecule has 0 atom stereocenters. The molecular formula is C16H18N2O3S. The Hall–Kier alpha value is -1.66. The standard InChI is InChI=1S/C16H18N2O3S/c19-22(20,11-12-6-7-12)18-9-8-15-14(10-18)17-16(21-15)13-4-2-1-3-5-13/h1-5,12H,6-11H2. The first-order chi connectivity index (χ1) is 10.6. The van der Waals surface area contributed by atoms with Gasteiger partial charge in [-0.05, 0) is 30.9 Å². The summed E-state index contributed by atoms with van der Waals surface area (Å²) in [4.78, 5) is 4.51. The molecule has 1 fully saturated rings. The summed E-state index contributed by atoms with van der Waals surface area (Å²) in [5, 5.41) is 0. The van der Waals surface area contributed by atoms with Crippen LogP contribution in [-0.2, 0) is 23.0 Å². The van der Waals surface area contributed by atoms with E-state index in [4.69, 9.17) is 4.42 Å². The van der Waals surface area contributed by atoms with Crippen LogP contribution in [-0.4, -0.2) is 30.0 Å². The lowest BCUT2D eigenvalue weighted by molar-refractivity contribution is 0.361. The van der Waals surface area contributed by atoms with Crippen molar-refractivity contribution in [3.63, 3.8) is 0 Å². The molecular weight excluding hydrogens is 300 g/mol. The van der Waals surface area contributed by atoms with E-state index in [1.807, 2.05) is 30.3 Å². The molecule has 0 amide bonds. The smallest absolute Gasteiger partial charge is 0.226 e. The van der Waals surface area contributed by atoms with Crippen LogP contribution in [0.4, 0.5) is 0 Å². The lowest BCUT2D eigenvalue weighted by Crippen LogP contribution is -2.37. The highest BCUT2D eigenvalue weighted by Gasteiger charge is 2.35. The summed E-state index contributed by atoms with van der Waals surface area (Å²) in [7, 11) is -3.17. The van der Waals surface area contributed by atoms with Gasteiger partial charge in [-0.15, -0.1) is 0 Å². The third-order valence-electron chi connectivity index (χ3n) is 4.25. The highest BCUT2D eigenvalue weighted by molar-refractivity contribution is 7.89. The second-order valence-electron chi connectivity index (χ2n) is 6.06. The molecule has 4 rings (SSSR count). The van der Waals surface area contributed by atoms with Gasteiger partial charge in [0.2, 0.25) is 15.9 Å². The van der Waals surface area contributed by atoms with E-state index in [2.05, 4.69) is 4.98 Å². The van der Waals surface area contributed by atoms with Crippen LogP contribution in [0.25, 0.3) is 11.5 Å². The Labute approximate surface area is 130 Å². The van der Waals surface area contributed by atoms with E-state index in [0.717, 1.165) is 29.9 Å². The molecule has 0 unspecified atom stereocenters. The zero-order valence-corrected chi connectivity index (χ0v) is 13.1. The van der Waals surface area contributed by atoms with Gasteiger partial charge in [0.15, 0.2) is 0 Å². The van der Waals surface area contributed by atoms with Crippen molar-refractivity contribution in [1.82, 2.24) is 9.29 Å². The molecule has 0 spiro atoms. The fourth-order valence-electron chi connectivity index (χ4n) is 2.80. The van der Waals surface area contributed by atoms with E-state index in [0.29, 0.717) is 31.3 Å². The van der Waals surface area contributed by atoms with E-state index in [1.165, 1.54) is 0 Å². The topological polar surface area (TPSA) is 63.4 Å². The third-order valence-corrected chi connectivity index (χ3v) is 6.24. The molecule has 2 heterocycles. The van der Waals surface area contributed by atoms with E-state index < -0.39 is 10.0 Å². The van der Waals surface area contributed by atoms with Crippen LogP contribution >= 0.6 is 0 Å². The van der Waals surface area contributed by atoms with E-state index >= 15 is 0 Å². The number of rotatable bonds is 4. The number of sulfonamides is 1. The molecule has 1 saturated carbocycles.